The molecule has 0 spiro atoms. The Kier molecular flexibility index (Phi) is 10.3. The van der Waals surface area contributed by atoms with Crippen molar-refractivity contribution in [2.75, 3.05) is 19.7 Å². The molecule has 10 nitrogen and oxygen atoms in total. The topological polar surface area (TPSA) is 135 Å². The molecule has 0 aliphatic rings. The van der Waals surface area contributed by atoms with Crippen LogP contribution in [0.15, 0.2) is 0 Å². The molecule has 0 aliphatic heterocycles. The second-order valence-electron chi connectivity index (χ2n) is 5.62. The molecule has 0 saturated heterocycles. The Morgan fingerprint density at radius 2 is 1.88 bits per heavy atom. The first-order valence-electron chi connectivity index (χ1n) is 7.54. The van der Waals surface area contributed by atoms with Crippen LogP contribution >= 0.6 is 0 Å². The summed E-state index contributed by atoms with van der Waals surface area (Å²) >= 11 is 0. The van der Waals surface area contributed by atoms with E-state index in [2.05, 4.69) is 21.5 Å². The molecule has 1 atom stereocenters. The van der Waals surface area contributed by atoms with E-state index in [1.807, 2.05) is 0 Å². The summed E-state index contributed by atoms with van der Waals surface area (Å²) in [5.74, 6) is -1.20. The number of alkyl carbamates (subject to hydrolysis) is 1. The predicted octanol–water partition coefficient (Wildman–Crippen LogP) is -0.800. The molecule has 0 heterocycles. The van der Waals surface area contributed by atoms with Crippen LogP contribution in [0.25, 0.3) is 0 Å². The molecule has 0 fully saturated rings. The zero-order chi connectivity index (χ0) is 18.6. The highest BCUT2D eigenvalue weighted by molar-refractivity contribution is 5.84. The lowest BCUT2D eigenvalue weighted by Gasteiger charge is -2.20. The van der Waals surface area contributed by atoms with Crippen LogP contribution in [0.1, 0.15) is 34.1 Å². The summed E-state index contributed by atoms with van der Waals surface area (Å²) in [6, 6.07) is 0. The van der Waals surface area contributed by atoms with Crippen molar-refractivity contribution in [2.24, 2.45) is 0 Å². The summed E-state index contributed by atoms with van der Waals surface area (Å²) < 4.78 is 9.82. The number of nitrogens with one attached hydrogen (secondary N) is 4. The Bertz CT molecular complexity index is 435. The Morgan fingerprint density at radius 3 is 2.42 bits per heavy atom. The maximum Gasteiger partial charge on any atom is 0.407 e. The molecule has 0 aromatic heterocycles. The molecule has 0 saturated carbocycles. The first-order chi connectivity index (χ1) is 11.2. The zero-order valence-electron chi connectivity index (χ0n) is 14.4. The average molecular weight is 346 g/mol. The van der Waals surface area contributed by atoms with Crippen LogP contribution in [0.3, 0.4) is 0 Å². The van der Waals surface area contributed by atoms with E-state index in [-0.39, 0.29) is 26.1 Å². The van der Waals surface area contributed by atoms with Crippen molar-refractivity contribution in [3.8, 4) is 0 Å². The van der Waals surface area contributed by atoms with Gasteiger partial charge in [-0.25, -0.2) is 20.4 Å². The third kappa shape index (κ3) is 11.4. The summed E-state index contributed by atoms with van der Waals surface area (Å²) in [5, 5.41) is 4.82. The normalized spacial score (nSPS) is 12.0. The molecule has 0 aromatic carbocycles. The fraction of sp³-hybridized carbons (Fsp3) is 0.714. The quantitative estimate of drug-likeness (QED) is 0.133. The number of amides is 2. The van der Waals surface area contributed by atoms with Gasteiger partial charge in [-0.05, 0) is 27.7 Å². The predicted molar refractivity (Wildman–Crippen MR) is 84.6 cm³/mol. The molecular formula is C14H26N4O6. The second kappa shape index (κ2) is 11.4. The molecule has 0 radical (unpaired) electrons. The lowest BCUT2D eigenvalue weighted by Crippen LogP contribution is -2.56. The standard InChI is InChI=1S/C14H26N4O6/c1-5-23-12(21)11(18-16-8-9-19)17-10(20)6-7-15-13(22)24-14(2,3)4/h9,11,16,18H,5-8H2,1-4H3,(H,15,22)(H,17,20). The van der Waals surface area contributed by atoms with Gasteiger partial charge in [0, 0.05) is 13.0 Å². The fourth-order valence-corrected chi connectivity index (χ4v) is 1.41. The highest BCUT2D eigenvalue weighted by Gasteiger charge is 2.21. The van der Waals surface area contributed by atoms with Crippen LogP contribution in [-0.2, 0) is 23.9 Å². The van der Waals surface area contributed by atoms with E-state index in [1.54, 1.807) is 27.7 Å². The second-order valence-corrected chi connectivity index (χ2v) is 5.62. The van der Waals surface area contributed by atoms with Crippen molar-refractivity contribution in [3.63, 3.8) is 0 Å². The summed E-state index contributed by atoms with van der Waals surface area (Å²) in [5.41, 5.74) is 4.29. The number of esters is 1. The lowest BCUT2D eigenvalue weighted by atomic mass is 10.2. The third-order valence-corrected chi connectivity index (χ3v) is 2.28. The van der Waals surface area contributed by atoms with Crippen LogP contribution in [0, 0.1) is 0 Å². The van der Waals surface area contributed by atoms with Gasteiger partial charge in [0.1, 0.15) is 11.9 Å². The smallest absolute Gasteiger partial charge is 0.407 e. The maximum atomic E-state index is 11.8. The van der Waals surface area contributed by atoms with Crippen molar-refractivity contribution in [2.45, 2.75) is 45.9 Å². The summed E-state index contributed by atoms with van der Waals surface area (Å²) in [4.78, 5) is 45.2. The first kappa shape index (κ1) is 21.8. The van der Waals surface area contributed by atoms with Gasteiger partial charge in [0.25, 0.3) is 0 Å². The average Bonchev–Trinajstić information content (AvgIpc) is 2.44. The van der Waals surface area contributed by atoms with Gasteiger partial charge < -0.3 is 24.9 Å². The molecular weight excluding hydrogens is 320 g/mol. The first-order valence-corrected chi connectivity index (χ1v) is 7.54. The lowest BCUT2D eigenvalue weighted by molar-refractivity contribution is -0.148. The molecule has 10 heteroatoms. The van der Waals surface area contributed by atoms with E-state index in [0.717, 1.165) is 0 Å². The Balaban J connectivity index is 4.27. The molecule has 0 aromatic rings. The van der Waals surface area contributed by atoms with Gasteiger partial charge in [-0.2, -0.15) is 0 Å². The molecule has 0 aliphatic carbocycles. The Morgan fingerprint density at radius 1 is 1.21 bits per heavy atom. The number of ether oxygens (including phenoxy) is 2. The molecule has 0 rings (SSSR count). The molecule has 4 N–H and O–H groups in total. The van der Waals surface area contributed by atoms with Gasteiger partial charge in [-0.15, -0.1) is 0 Å². The van der Waals surface area contributed by atoms with E-state index >= 15 is 0 Å². The monoisotopic (exact) mass is 346 g/mol. The highest BCUT2D eigenvalue weighted by atomic mass is 16.6. The molecule has 2 amide bonds. The number of hydrogen-bond acceptors (Lipinski definition) is 8. The van der Waals surface area contributed by atoms with Crippen molar-refractivity contribution >= 4 is 24.3 Å². The Labute approximate surface area is 141 Å². The van der Waals surface area contributed by atoms with Crippen LogP contribution < -0.4 is 21.5 Å². The largest absolute Gasteiger partial charge is 0.463 e. The van der Waals surface area contributed by atoms with Gasteiger partial charge in [-0.1, -0.05) is 0 Å². The van der Waals surface area contributed by atoms with E-state index in [0.29, 0.717) is 6.29 Å². The van der Waals surface area contributed by atoms with E-state index in [9.17, 15) is 19.2 Å². The minimum Gasteiger partial charge on any atom is -0.463 e. The van der Waals surface area contributed by atoms with Crippen LogP contribution in [-0.4, -0.2) is 55.7 Å². The van der Waals surface area contributed by atoms with Crippen LogP contribution in [0.5, 0.6) is 0 Å². The highest BCUT2D eigenvalue weighted by Crippen LogP contribution is 2.06. The third-order valence-electron chi connectivity index (χ3n) is 2.28. The van der Waals surface area contributed by atoms with E-state index < -0.39 is 29.7 Å². The van der Waals surface area contributed by atoms with Gasteiger partial charge in [0.05, 0.1) is 13.2 Å². The van der Waals surface area contributed by atoms with E-state index in [4.69, 9.17) is 9.47 Å². The van der Waals surface area contributed by atoms with Crippen molar-refractivity contribution in [1.82, 2.24) is 21.5 Å². The summed E-state index contributed by atoms with van der Waals surface area (Å²) in [7, 11) is 0. The molecule has 138 valence electrons. The van der Waals surface area contributed by atoms with Gasteiger partial charge in [0.15, 0.2) is 6.17 Å². The van der Waals surface area contributed by atoms with Gasteiger partial charge in [0.2, 0.25) is 5.91 Å². The Hall–Kier alpha value is -2.20. The molecule has 24 heavy (non-hydrogen) atoms. The number of rotatable bonds is 10. The number of carbonyl (C=O) groups is 4. The van der Waals surface area contributed by atoms with Crippen LogP contribution in [0.2, 0.25) is 0 Å². The summed E-state index contributed by atoms with van der Waals surface area (Å²) in [6.45, 7) is 6.93. The summed E-state index contributed by atoms with van der Waals surface area (Å²) in [6.07, 6.45) is -1.27. The van der Waals surface area contributed by atoms with Crippen molar-refractivity contribution < 1.29 is 28.7 Å². The number of hydrogen-bond donors (Lipinski definition) is 4. The van der Waals surface area contributed by atoms with E-state index in [1.165, 1.54) is 0 Å². The number of hydrazine groups is 1. The van der Waals surface area contributed by atoms with Gasteiger partial charge >= 0.3 is 12.1 Å². The van der Waals surface area contributed by atoms with Crippen molar-refractivity contribution in [1.29, 1.82) is 0 Å². The number of carbonyl (C=O) groups excluding carboxylic acids is 4. The fourth-order valence-electron chi connectivity index (χ4n) is 1.41. The van der Waals surface area contributed by atoms with Crippen molar-refractivity contribution in [3.05, 3.63) is 0 Å². The molecule has 1 unspecified atom stereocenters. The minimum absolute atomic E-state index is 0.0397. The minimum atomic E-state index is -1.15. The number of aldehydes is 1. The maximum absolute atomic E-state index is 11.8. The SMILES string of the molecule is CCOC(=O)C(NNCC=O)NC(=O)CCNC(=O)OC(C)(C)C. The van der Waals surface area contributed by atoms with Gasteiger partial charge in [-0.3, -0.25) is 4.79 Å². The van der Waals surface area contributed by atoms with Crippen LogP contribution in [0.4, 0.5) is 4.79 Å². The molecule has 0 bridgehead atoms. The zero-order valence-corrected chi connectivity index (χ0v) is 14.4.